The molecule has 0 saturated heterocycles. The molecular weight excluding hydrogens is 386 g/mol. The summed E-state index contributed by atoms with van der Waals surface area (Å²) in [6, 6.07) is 8.40. The highest BCUT2D eigenvalue weighted by Gasteiger charge is 2.35. The fraction of sp³-hybridized carbons (Fsp3) is 0.600. The molecule has 3 unspecified atom stereocenters. The molecule has 1 aliphatic rings. The number of hydrogen-bond donors (Lipinski definition) is 7. The van der Waals surface area contributed by atoms with Gasteiger partial charge in [0, 0.05) is 6.04 Å². The molecule has 1 amide bonds. The minimum atomic E-state index is -1.30. The van der Waals surface area contributed by atoms with Crippen molar-refractivity contribution in [1.82, 2.24) is 26.7 Å². The number of hydrogen-bond acceptors (Lipinski definition) is 9. The number of carbonyl (C=O) groups excluding carboxylic acids is 1. The van der Waals surface area contributed by atoms with Crippen molar-refractivity contribution in [2.24, 2.45) is 10.8 Å². The highest BCUT2D eigenvalue weighted by Crippen LogP contribution is 2.23. The van der Waals surface area contributed by atoms with Crippen molar-refractivity contribution in [3.05, 3.63) is 35.9 Å². The number of hydrazine groups is 2. The van der Waals surface area contributed by atoms with E-state index >= 15 is 0 Å². The summed E-state index contributed by atoms with van der Waals surface area (Å²) >= 11 is 0. The number of nitrogens with two attached hydrogens (primary N) is 1. The van der Waals surface area contributed by atoms with Crippen LogP contribution in [0.3, 0.4) is 0 Å². The lowest BCUT2D eigenvalue weighted by molar-refractivity contribution is -0.122. The summed E-state index contributed by atoms with van der Waals surface area (Å²) in [5.41, 5.74) is 12.1. The van der Waals surface area contributed by atoms with E-state index in [4.69, 9.17) is 5.73 Å². The van der Waals surface area contributed by atoms with E-state index < -0.39 is 24.4 Å². The van der Waals surface area contributed by atoms with Gasteiger partial charge in [-0.2, -0.15) is 0 Å². The molecule has 0 spiro atoms. The molecule has 1 aromatic rings. The van der Waals surface area contributed by atoms with Gasteiger partial charge in [0.25, 0.3) is 0 Å². The summed E-state index contributed by atoms with van der Waals surface area (Å²) in [6.45, 7) is 7.81. The molecule has 0 bridgehead atoms. The molecule has 0 saturated carbocycles. The van der Waals surface area contributed by atoms with Gasteiger partial charge in [-0.3, -0.25) is 15.1 Å². The molecule has 1 heterocycles. The van der Waals surface area contributed by atoms with Crippen molar-refractivity contribution in [2.75, 3.05) is 6.54 Å². The Morgan fingerprint density at radius 1 is 1.27 bits per heavy atom. The summed E-state index contributed by atoms with van der Waals surface area (Å²) < 4.78 is 0. The largest absolute Gasteiger partial charge is 0.387 e. The molecule has 168 valence electrons. The van der Waals surface area contributed by atoms with Crippen LogP contribution in [-0.4, -0.2) is 57.4 Å². The Balaban J connectivity index is 2.07. The first kappa shape index (κ1) is 24.0. The number of nitrogens with one attached hydrogen (secondary N) is 4. The van der Waals surface area contributed by atoms with Crippen LogP contribution in [-0.2, 0) is 4.79 Å². The van der Waals surface area contributed by atoms with Crippen LogP contribution in [0.1, 0.15) is 52.1 Å². The number of aliphatic hydroxyl groups is 2. The predicted molar refractivity (Wildman–Crippen MR) is 116 cm³/mol. The van der Waals surface area contributed by atoms with Gasteiger partial charge >= 0.3 is 0 Å². The minimum absolute atomic E-state index is 0.190. The van der Waals surface area contributed by atoms with Gasteiger partial charge in [0.15, 0.2) is 5.84 Å². The molecule has 8 N–H and O–H groups in total. The second kappa shape index (κ2) is 10.7. The van der Waals surface area contributed by atoms with Gasteiger partial charge in [-0.1, -0.05) is 43.7 Å². The van der Waals surface area contributed by atoms with Gasteiger partial charge in [-0.05, 0) is 32.8 Å². The van der Waals surface area contributed by atoms with Crippen molar-refractivity contribution in [3.8, 4) is 0 Å². The minimum Gasteiger partial charge on any atom is -0.387 e. The topological polar surface area (TPSA) is 147 Å². The predicted octanol–water partition coefficient (Wildman–Crippen LogP) is -0.323. The van der Waals surface area contributed by atoms with E-state index in [2.05, 4.69) is 26.8 Å². The number of amides is 1. The van der Waals surface area contributed by atoms with E-state index in [0.29, 0.717) is 12.3 Å². The first-order valence-electron chi connectivity index (χ1n) is 10.2. The SMILES string of the molecule is CCCC(N)C(O)[C@H](O)NCC(=O)NC(C1=NNNN1C(C)(C)C)c1ccccc1. The monoisotopic (exact) mass is 421 g/mol. The average Bonchev–Trinajstić information content (AvgIpc) is 3.20. The Labute approximate surface area is 177 Å². The number of rotatable bonds is 10. The molecule has 10 nitrogen and oxygen atoms in total. The molecule has 30 heavy (non-hydrogen) atoms. The van der Waals surface area contributed by atoms with Crippen LogP contribution in [0, 0.1) is 0 Å². The van der Waals surface area contributed by atoms with Gasteiger partial charge in [0.2, 0.25) is 5.91 Å². The number of nitrogens with zero attached hydrogens (tertiary/aromatic N) is 2. The standard InChI is InChI=1S/C20H35N7O3/c1-5-9-14(21)17(29)19(30)22-12-15(28)23-16(13-10-7-6-8-11-13)18-24-25-26-27(18)20(2,3)4/h6-8,10-11,14,16-17,19,22,25-26,29-30H,5,9,12,21H2,1-4H3,(H,23,28)/t14?,16?,17?,19-/m0/s1. The molecule has 0 aromatic heterocycles. The zero-order valence-corrected chi connectivity index (χ0v) is 18.1. The van der Waals surface area contributed by atoms with Gasteiger partial charge in [-0.15, -0.1) is 10.6 Å². The summed E-state index contributed by atoms with van der Waals surface area (Å²) in [5.74, 6) is 0.246. The van der Waals surface area contributed by atoms with Crippen molar-refractivity contribution < 1.29 is 15.0 Å². The van der Waals surface area contributed by atoms with Crippen LogP contribution < -0.4 is 27.4 Å². The number of benzene rings is 1. The fourth-order valence-corrected chi connectivity index (χ4v) is 3.16. The number of amidine groups is 1. The van der Waals surface area contributed by atoms with Crippen LogP contribution in [0.25, 0.3) is 0 Å². The van der Waals surface area contributed by atoms with E-state index in [-0.39, 0.29) is 18.0 Å². The van der Waals surface area contributed by atoms with E-state index in [9.17, 15) is 15.0 Å². The lowest BCUT2D eigenvalue weighted by Gasteiger charge is -2.35. The van der Waals surface area contributed by atoms with E-state index in [0.717, 1.165) is 12.0 Å². The van der Waals surface area contributed by atoms with Gasteiger partial charge in [0.05, 0.1) is 12.1 Å². The Bertz CT molecular complexity index is 708. The van der Waals surface area contributed by atoms with E-state index in [1.807, 2.05) is 63.0 Å². The first-order valence-corrected chi connectivity index (χ1v) is 10.2. The lowest BCUT2D eigenvalue weighted by Crippen LogP contribution is -2.56. The van der Waals surface area contributed by atoms with Gasteiger partial charge in [0.1, 0.15) is 18.4 Å². The maximum Gasteiger partial charge on any atom is 0.234 e. The zero-order chi connectivity index (χ0) is 22.3. The van der Waals surface area contributed by atoms with Crippen LogP contribution >= 0.6 is 0 Å². The first-order chi connectivity index (χ1) is 14.1. The normalized spacial score (nSPS) is 18.2. The Morgan fingerprint density at radius 2 is 1.93 bits per heavy atom. The summed E-state index contributed by atoms with van der Waals surface area (Å²) in [4.78, 5) is 12.7. The van der Waals surface area contributed by atoms with Crippen molar-refractivity contribution in [1.29, 1.82) is 0 Å². The smallest absolute Gasteiger partial charge is 0.234 e. The molecular formula is C20H35N7O3. The summed E-state index contributed by atoms with van der Waals surface area (Å²) in [5, 5.41) is 31.9. The average molecular weight is 422 g/mol. The highest BCUT2D eigenvalue weighted by atomic mass is 16.3. The fourth-order valence-electron chi connectivity index (χ4n) is 3.16. The van der Waals surface area contributed by atoms with Crippen molar-refractivity contribution in [2.45, 2.75) is 70.5 Å². The molecule has 0 radical (unpaired) electrons. The molecule has 10 heteroatoms. The maximum absolute atomic E-state index is 12.7. The Kier molecular flexibility index (Phi) is 8.56. The van der Waals surface area contributed by atoms with Crippen LogP contribution in [0.2, 0.25) is 0 Å². The van der Waals surface area contributed by atoms with Gasteiger partial charge in [-0.25, -0.2) is 5.53 Å². The second-order valence-corrected chi connectivity index (χ2v) is 8.38. The molecule has 1 aromatic carbocycles. The van der Waals surface area contributed by atoms with E-state index in [1.165, 1.54) is 0 Å². The maximum atomic E-state index is 12.7. The Morgan fingerprint density at radius 3 is 2.53 bits per heavy atom. The zero-order valence-electron chi connectivity index (χ0n) is 18.1. The Hall–Kier alpha value is -2.24. The third-order valence-corrected chi connectivity index (χ3v) is 4.78. The molecule has 4 atom stereocenters. The van der Waals surface area contributed by atoms with Crippen molar-refractivity contribution >= 4 is 11.7 Å². The van der Waals surface area contributed by atoms with Crippen LogP contribution in [0.4, 0.5) is 0 Å². The third kappa shape index (κ3) is 6.38. The number of aliphatic hydroxyl groups excluding tert-OH is 2. The van der Waals surface area contributed by atoms with E-state index in [1.54, 1.807) is 0 Å². The third-order valence-electron chi connectivity index (χ3n) is 4.78. The highest BCUT2D eigenvalue weighted by molar-refractivity contribution is 5.93. The molecule has 0 aliphatic carbocycles. The molecule has 0 fully saturated rings. The van der Waals surface area contributed by atoms with Crippen LogP contribution in [0.5, 0.6) is 0 Å². The molecule has 2 rings (SSSR count). The number of hydrazone groups is 1. The number of carbonyl (C=O) groups is 1. The van der Waals surface area contributed by atoms with Crippen LogP contribution in [0.15, 0.2) is 35.4 Å². The summed E-state index contributed by atoms with van der Waals surface area (Å²) in [6.07, 6.45) is -1.10. The summed E-state index contributed by atoms with van der Waals surface area (Å²) in [7, 11) is 0. The van der Waals surface area contributed by atoms with Gasteiger partial charge < -0.3 is 21.3 Å². The molecule has 1 aliphatic heterocycles. The second-order valence-electron chi connectivity index (χ2n) is 8.38. The van der Waals surface area contributed by atoms with Crippen molar-refractivity contribution in [3.63, 3.8) is 0 Å². The lowest BCUT2D eigenvalue weighted by atomic mass is 10.0. The quantitative estimate of drug-likeness (QED) is 0.254.